The number of hydrogen-bond acceptors (Lipinski definition) is 2. The number of benzene rings is 1. The fourth-order valence-electron chi connectivity index (χ4n) is 2.50. The van der Waals surface area contributed by atoms with Crippen molar-refractivity contribution in [1.29, 1.82) is 0 Å². The second-order valence-corrected chi connectivity index (χ2v) is 6.34. The van der Waals surface area contributed by atoms with E-state index >= 15 is 0 Å². The van der Waals surface area contributed by atoms with Gasteiger partial charge in [0.1, 0.15) is 0 Å². The zero-order valence-electron chi connectivity index (χ0n) is 13.6. The van der Waals surface area contributed by atoms with Gasteiger partial charge in [-0.2, -0.15) is 0 Å². The Morgan fingerprint density at radius 1 is 1.41 bits per heavy atom. The lowest BCUT2D eigenvalue weighted by Crippen LogP contribution is -2.45. The van der Waals surface area contributed by atoms with Gasteiger partial charge in [0, 0.05) is 24.7 Å². The standard InChI is InChI=1S/C18H26N2O2/c1-4-13(2)18(3,22)12-20-17(21)8-6-14-5-7-16-15(11-14)9-10-19-16/h5,7,9-11,13,19,22H,4,6,8,12H2,1-3H3,(H,20,21). The first-order chi connectivity index (χ1) is 10.4. The highest BCUT2D eigenvalue weighted by Crippen LogP contribution is 2.19. The molecular formula is C18H26N2O2. The number of rotatable bonds is 7. The Balaban J connectivity index is 1.82. The van der Waals surface area contributed by atoms with E-state index < -0.39 is 5.60 Å². The van der Waals surface area contributed by atoms with E-state index in [1.54, 1.807) is 6.92 Å². The van der Waals surface area contributed by atoms with Crippen molar-refractivity contribution < 1.29 is 9.90 Å². The van der Waals surface area contributed by atoms with Crippen molar-refractivity contribution in [1.82, 2.24) is 10.3 Å². The second kappa shape index (κ2) is 6.97. The number of aliphatic hydroxyl groups is 1. The summed E-state index contributed by atoms with van der Waals surface area (Å²) < 4.78 is 0. The molecule has 3 N–H and O–H groups in total. The summed E-state index contributed by atoms with van der Waals surface area (Å²) in [6.07, 6.45) is 3.95. The first-order valence-electron chi connectivity index (χ1n) is 7.97. The lowest BCUT2D eigenvalue weighted by Gasteiger charge is -2.29. The molecule has 0 saturated heterocycles. The summed E-state index contributed by atoms with van der Waals surface area (Å²) in [5, 5.41) is 14.3. The topological polar surface area (TPSA) is 65.1 Å². The van der Waals surface area contributed by atoms with Gasteiger partial charge in [-0.3, -0.25) is 4.79 Å². The molecule has 0 bridgehead atoms. The first-order valence-corrected chi connectivity index (χ1v) is 7.97. The average molecular weight is 302 g/mol. The van der Waals surface area contributed by atoms with Gasteiger partial charge >= 0.3 is 0 Å². The van der Waals surface area contributed by atoms with E-state index in [0.29, 0.717) is 19.4 Å². The van der Waals surface area contributed by atoms with Gasteiger partial charge in [-0.05, 0) is 48.4 Å². The van der Waals surface area contributed by atoms with E-state index in [2.05, 4.69) is 16.4 Å². The molecule has 0 aliphatic rings. The molecule has 4 heteroatoms. The average Bonchev–Trinajstić information content (AvgIpc) is 2.97. The maximum Gasteiger partial charge on any atom is 0.220 e. The molecule has 0 radical (unpaired) electrons. The number of carbonyl (C=O) groups is 1. The third kappa shape index (κ3) is 4.10. The molecular weight excluding hydrogens is 276 g/mol. The minimum atomic E-state index is -0.853. The molecule has 120 valence electrons. The van der Waals surface area contributed by atoms with Gasteiger partial charge < -0.3 is 15.4 Å². The van der Waals surface area contributed by atoms with Crippen LogP contribution in [0.5, 0.6) is 0 Å². The maximum atomic E-state index is 12.0. The van der Waals surface area contributed by atoms with Crippen LogP contribution in [-0.4, -0.2) is 28.1 Å². The number of aryl methyl sites for hydroxylation is 1. The van der Waals surface area contributed by atoms with Gasteiger partial charge in [-0.25, -0.2) is 0 Å². The number of nitrogens with one attached hydrogen (secondary N) is 2. The molecule has 0 aliphatic heterocycles. The first kappa shape index (κ1) is 16.6. The van der Waals surface area contributed by atoms with Crippen molar-refractivity contribution in [2.24, 2.45) is 5.92 Å². The Kier molecular flexibility index (Phi) is 5.24. The Bertz CT molecular complexity index is 631. The van der Waals surface area contributed by atoms with Gasteiger partial charge in [0.15, 0.2) is 0 Å². The molecule has 0 fully saturated rings. The number of aromatic amines is 1. The Labute approximate surface area is 131 Å². The van der Waals surface area contributed by atoms with Crippen LogP contribution in [-0.2, 0) is 11.2 Å². The SMILES string of the molecule is CCC(C)C(C)(O)CNC(=O)CCc1ccc2[nH]ccc2c1. The smallest absolute Gasteiger partial charge is 0.220 e. The normalized spacial score (nSPS) is 15.5. The molecule has 2 atom stereocenters. The van der Waals surface area contributed by atoms with Crippen LogP contribution in [0, 0.1) is 5.92 Å². The van der Waals surface area contributed by atoms with Crippen LogP contribution in [0.1, 0.15) is 39.2 Å². The fraction of sp³-hybridized carbons (Fsp3) is 0.500. The van der Waals surface area contributed by atoms with E-state index in [9.17, 15) is 9.90 Å². The van der Waals surface area contributed by atoms with Gasteiger partial charge in [-0.1, -0.05) is 26.3 Å². The van der Waals surface area contributed by atoms with Crippen molar-refractivity contribution in [3.63, 3.8) is 0 Å². The second-order valence-electron chi connectivity index (χ2n) is 6.34. The predicted octanol–water partition coefficient (Wildman–Crippen LogP) is 3.01. The number of aromatic nitrogens is 1. The summed E-state index contributed by atoms with van der Waals surface area (Å²) in [5.41, 5.74) is 1.41. The number of hydrogen-bond donors (Lipinski definition) is 3. The minimum Gasteiger partial charge on any atom is -0.388 e. The Hall–Kier alpha value is -1.81. The molecule has 2 unspecified atom stereocenters. The molecule has 1 aromatic heterocycles. The van der Waals surface area contributed by atoms with Gasteiger partial charge in [-0.15, -0.1) is 0 Å². The number of amides is 1. The molecule has 1 amide bonds. The van der Waals surface area contributed by atoms with E-state index in [-0.39, 0.29) is 11.8 Å². The summed E-state index contributed by atoms with van der Waals surface area (Å²) in [6, 6.07) is 8.22. The molecule has 0 spiro atoms. The van der Waals surface area contributed by atoms with Crippen LogP contribution in [0.3, 0.4) is 0 Å². The summed E-state index contributed by atoms with van der Waals surface area (Å²) >= 11 is 0. The van der Waals surface area contributed by atoms with Crippen molar-refractivity contribution in [3.05, 3.63) is 36.0 Å². The quantitative estimate of drug-likeness (QED) is 0.736. The van der Waals surface area contributed by atoms with Gasteiger partial charge in [0.2, 0.25) is 5.91 Å². The highest BCUT2D eigenvalue weighted by Gasteiger charge is 2.27. The molecule has 1 aromatic carbocycles. The zero-order valence-corrected chi connectivity index (χ0v) is 13.6. The van der Waals surface area contributed by atoms with Crippen molar-refractivity contribution in [3.8, 4) is 0 Å². The van der Waals surface area contributed by atoms with Crippen LogP contribution in [0.4, 0.5) is 0 Å². The predicted molar refractivity (Wildman–Crippen MR) is 89.7 cm³/mol. The highest BCUT2D eigenvalue weighted by atomic mass is 16.3. The van der Waals surface area contributed by atoms with Gasteiger partial charge in [0.25, 0.3) is 0 Å². The molecule has 0 saturated carbocycles. The van der Waals surface area contributed by atoms with E-state index in [4.69, 9.17) is 0 Å². The van der Waals surface area contributed by atoms with Crippen molar-refractivity contribution >= 4 is 16.8 Å². The lowest BCUT2D eigenvalue weighted by atomic mass is 9.88. The molecule has 0 aliphatic carbocycles. The summed E-state index contributed by atoms with van der Waals surface area (Å²) in [7, 11) is 0. The zero-order chi connectivity index (χ0) is 16.2. The Morgan fingerprint density at radius 3 is 2.91 bits per heavy atom. The van der Waals surface area contributed by atoms with Crippen LogP contribution >= 0.6 is 0 Å². The molecule has 22 heavy (non-hydrogen) atoms. The van der Waals surface area contributed by atoms with E-state index in [1.807, 2.05) is 38.2 Å². The number of H-pyrrole nitrogens is 1. The van der Waals surface area contributed by atoms with Crippen molar-refractivity contribution in [2.45, 2.75) is 45.6 Å². The van der Waals surface area contributed by atoms with Crippen molar-refractivity contribution in [2.75, 3.05) is 6.54 Å². The fourth-order valence-corrected chi connectivity index (χ4v) is 2.50. The third-order valence-electron chi connectivity index (χ3n) is 4.58. The molecule has 1 heterocycles. The van der Waals surface area contributed by atoms with Crippen LogP contribution in [0.2, 0.25) is 0 Å². The van der Waals surface area contributed by atoms with Crippen LogP contribution in [0.25, 0.3) is 10.9 Å². The van der Waals surface area contributed by atoms with E-state index in [0.717, 1.165) is 22.9 Å². The summed E-state index contributed by atoms with van der Waals surface area (Å²) in [6.45, 7) is 6.12. The van der Waals surface area contributed by atoms with Gasteiger partial charge in [0.05, 0.1) is 5.60 Å². The lowest BCUT2D eigenvalue weighted by molar-refractivity contribution is -0.122. The van der Waals surface area contributed by atoms with E-state index in [1.165, 1.54) is 0 Å². The molecule has 4 nitrogen and oxygen atoms in total. The minimum absolute atomic E-state index is 0.0160. The molecule has 2 aromatic rings. The largest absolute Gasteiger partial charge is 0.388 e. The highest BCUT2D eigenvalue weighted by molar-refractivity contribution is 5.80. The summed E-state index contributed by atoms with van der Waals surface area (Å²) in [5.74, 6) is 0.140. The Morgan fingerprint density at radius 2 is 2.18 bits per heavy atom. The number of fused-ring (bicyclic) bond motifs is 1. The van der Waals surface area contributed by atoms with Crippen LogP contribution < -0.4 is 5.32 Å². The van der Waals surface area contributed by atoms with Crippen LogP contribution in [0.15, 0.2) is 30.5 Å². The monoisotopic (exact) mass is 302 g/mol. The summed E-state index contributed by atoms with van der Waals surface area (Å²) in [4.78, 5) is 15.1. The third-order valence-corrected chi connectivity index (χ3v) is 4.58. The maximum absolute atomic E-state index is 12.0. The molecule has 2 rings (SSSR count). The number of carbonyl (C=O) groups excluding carboxylic acids is 1.